The van der Waals surface area contributed by atoms with Crippen LogP contribution in [0, 0.1) is 0 Å². The predicted octanol–water partition coefficient (Wildman–Crippen LogP) is 4.17. The minimum absolute atomic E-state index is 0.299. The van der Waals surface area contributed by atoms with E-state index in [2.05, 4.69) is 27.5 Å². The van der Waals surface area contributed by atoms with E-state index in [9.17, 15) is 5.11 Å². The topological polar surface area (TPSA) is 32.3 Å². The number of unbranched alkanes of at least 4 members (excludes halogenated alkanes) is 3. The summed E-state index contributed by atoms with van der Waals surface area (Å²) < 4.78 is 0.763. The number of benzene rings is 1. The number of phenolic OH excluding ortho intramolecular Hbond substituents is 1. The van der Waals surface area contributed by atoms with Crippen LogP contribution in [0.1, 0.15) is 31.2 Å². The zero-order chi connectivity index (χ0) is 13.2. The van der Waals surface area contributed by atoms with Gasteiger partial charge in [-0.25, -0.2) is 0 Å². The van der Waals surface area contributed by atoms with Crippen LogP contribution in [0.5, 0.6) is 5.75 Å². The highest BCUT2D eigenvalue weighted by Crippen LogP contribution is 2.24. The van der Waals surface area contributed by atoms with E-state index in [1.165, 1.54) is 37.0 Å². The van der Waals surface area contributed by atoms with Gasteiger partial charge in [0.25, 0.3) is 0 Å². The van der Waals surface area contributed by atoms with Crippen LogP contribution in [-0.2, 0) is 6.54 Å². The molecule has 0 aliphatic carbocycles. The molecule has 0 amide bonds. The molecule has 0 radical (unpaired) electrons. The Morgan fingerprint density at radius 2 is 2.00 bits per heavy atom. The minimum atomic E-state index is 0.299. The monoisotopic (exact) mass is 331 g/mol. The molecule has 0 atom stereocenters. The third kappa shape index (κ3) is 6.66. The number of rotatable bonds is 9. The van der Waals surface area contributed by atoms with Gasteiger partial charge in [0.05, 0.1) is 4.47 Å². The summed E-state index contributed by atoms with van der Waals surface area (Å²) in [6.07, 6.45) is 7.40. The van der Waals surface area contributed by atoms with Gasteiger partial charge in [0.2, 0.25) is 0 Å². The van der Waals surface area contributed by atoms with Crippen LogP contribution in [0.3, 0.4) is 0 Å². The Labute approximate surface area is 123 Å². The highest BCUT2D eigenvalue weighted by molar-refractivity contribution is 9.10. The van der Waals surface area contributed by atoms with Gasteiger partial charge in [-0.2, -0.15) is 11.8 Å². The molecule has 4 heteroatoms. The maximum Gasteiger partial charge on any atom is 0.129 e. The van der Waals surface area contributed by atoms with Crippen molar-refractivity contribution in [2.75, 3.05) is 18.6 Å². The van der Waals surface area contributed by atoms with Gasteiger partial charge in [0, 0.05) is 6.54 Å². The maximum atomic E-state index is 9.39. The molecule has 0 fully saturated rings. The van der Waals surface area contributed by atoms with E-state index in [4.69, 9.17) is 0 Å². The lowest BCUT2D eigenvalue weighted by molar-refractivity contribution is 0.471. The Bertz CT molecular complexity index is 347. The summed E-state index contributed by atoms with van der Waals surface area (Å²) >= 11 is 5.25. The first kappa shape index (κ1) is 15.9. The Morgan fingerprint density at radius 1 is 1.22 bits per heavy atom. The molecule has 0 spiro atoms. The Kier molecular flexibility index (Phi) is 8.55. The molecule has 1 aromatic carbocycles. The van der Waals surface area contributed by atoms with Crippen molar-refractivity contribution in [3.05, 3.63) is 28.2 Å². The molecular formula is C14H22BrNOS. The number of nitrogens with one attached hydrogen (secondary N) is 1. The van der Waals surface area contributed by atoms with Crippen molar-refractivity contribution >= 4 is 27.7 Å². The number of hydrogen-bond acceptors (Lipinski definition) is 3. The van der Waals surface area contributed by atoms with Crippen LogP contribution in [-0.4, -0.2) is 23.7 Å². The summed E-state index contributed by atoms with van der Waals surface area (Å²) in [5, 5.41) is 12.8. The van der Waals surface area contributed by atoms with Gasteiger partial charge in [0.1, 0.15) is 5.75 Å². The number of aromatic hydroxyl groups is 1. The minimum Gasteiger partial charge on any atom is -0.507 e. The summed E-state index contributed by atoms with van der Waals surface area (Å²) in [7, 11) is 0. The lowest BCUT2D eigenvalue weighted by Crippen LogP contribution is -2.14. The van der Waals surface area contributed by atoms with E-state index < -0.39 is 0 Å². The SMILES string of the molecule is CSCCCCCCNCc1ccc(O)c(Br)c1. The fourth-order valence-corrected chi connectivity index (χ4v) is 2.66. The molecule has 1 rings (SSSR count). The van der Waals surface area contributed by atoms with E-state index in [1.54, 1.807) is 6.07 Å². The zero-order valence-corrected chi connectivity index (χ0v) is 13.3. The molecule has 0 aromatic heterocycles. The third-order valence-electron chi connectivity index (χ3n) is 2.79. The van der Waals surface area contributed by atoms with Crippen LogP contribution in [0.2, 0.25) is 0 Å². The number of hydrogen-bond donors (Lipinski definition) is 2. The molecule has 2 nitrogen and oxygen atoms in total. The zero-order valence-electron chi connectivity index (χ0n) is 10.9. The molecule has 0 aliphatic heterocycles. The first-order chi connectivity index (χ1) is 8.74. The van der Waals surface area contributed by atoms with Gasteiger partial charge in [-0.1, -0.05) is 18.9 Å². The van der Waals surface area contributed by atoms with Gasteiger partial charge in [-0.05, 0) is 65.0 Å². The second kappa shape index (κ2) is 9.70. The van der Waals surface area contributed by atoms with Gasteiger partial charge >= 0.3 is 0 Å². The number of phenols is 1. The fourth-order valence-electron chi connectivity index (χ4n) is 1.74. The van der Waals surface area contributed by atoms with Crippen molar-refractivity contribution in [2.24, 2.45) is 0 Å². The third-order valence-corrected chi connectivity index (χ3v) is 4.13. The number of halogens is 1. The molecule has 18 heavy (non-hydrogen) atoms. The molecule has 2 N–H and O–H groups in total. The smallest absolute Gasteiger partial charge is 0.129 e. The molecule has 0 aliphatic rings. The van der Waals surface area contributed by atoms with E-state index in [0.29, 0.717) is 5.75 Å². The van der Waals surface area contributed by atoms with Gasteiger partial charge < -0.3 is 10.4 Å². The molecule has 0 saturated heterocycles. The van der Waals surface area contributed by atoms with Crippen molar-refractivity contribution in [3.63, 3.8) is 0 Å². The van der Waals surface area contributed by atoms with Crippen molar-refractivity contribution < 1.29 is 5.11 Å². The second-order valence-electron chi connectivity index (χ2n) is 4.37. The maximum absolute atomic E-state index is 9.39. The summed E-state index contributed by atoms with van der Waals surface area (Å²) in [5.41, 5.74) is 1.20. The van der Waals surface area contributed by atoms with Crippen LogP contribution in [0.4, 0.5) is 0 Å². The quantitative estimate of drug-likeness (QED) is 0.666. The van der Waals surface area contributed by atoms with Gasteiger partial charge in [-0.15, -0.1) is 0 Å². The van der Waals surface area contributed by atoms with Crippen LogP contribution in [0.15, 0.2) is 22.7 Å². The predicted molar refractivity (Wildman–Crippen MR) is 84.4 cm³/mol. The van der Waals surface area contributed by atoms with Crippen molar-refractivity contribution in [3.8, 4) is 5.75 Å². The largest absolute Gasteiger partial charge is 0.507 e. The highest BCUT2D eigenvalue weighted by atomic mass is 79.9. The lowest BCUT2D eigenvalue weighted by atomic mass is 10.2. The fraction of sp³-hybridized carbons (Fsp3) is 0.571. The molecule has 0 unspecified atom stereocenters. The van der Waals surface area contributed by atoms with E-state index in [-0.39, 0.29) is 0 Å². The van der Waals surface area contributed by atoms with Crippen molar-refractivity contribution in [1.82, 2.24) is 5.32 Å². The Morgan fingerprint density at radius 3 is 2.72 bits per heavy atom. The van der Waals surface area contributed by atoms with Gasteiger partial charge in [-0.3, -0.25) is 0 Å². The first-order valence-corrected chi connectivity index (χ1v) is 8.60. The average Bonchev–Trinajstić information content (AvgIpc) is 2.37. The highest BCUT2D eigenvalue weighted by Gasteiger charge is 1.99. The van der Waals surface area contributed by atoms with E-state index in [0.717, 1.165) is 17.6 Å². The van der Waals surface area contributed by atoms with Crippen molar-refractivity contribution in [1.29, 1.82) is 0 Å². The van der Waals surface area contributed by atoms with Crippen molar-refractivity contribution in [2.45, 2.75) is 32.2 Å². The molecule has 0 heterocycles. The molecule has 1 aromatic rings. The number of thioether (sulfide) groups is 1. The second-order valence-corrected chi connectivity index (χ2v) is 6.21. The molecular weight excluding hydrogens is 310 g/mol. The standard InChI is InChI=1S/C14H22BrNOS/c1-18-9-5-3-2-4-8-16-11-12-6-7-14(17)13(15)10-12/h6-7,10,16-17H,2-5,8-9,11H2,1H3. The Balaban J connectivity index is 2.05. The Hall–Kier alpha value is -0.190. The first-order valence-electron chi connectivity index (χ1n) is 6.41. The normalized spacial score (nSPS) is 10.8. The van der Waals surface area contributed by atoms with Gasteiger partial charge in [0.15, 0.2) is 0 Å². The summed E-state index contributed by atoms with van der Waals surface area (Å²) in [6.45, 7) is 1.93. The summed E-state index contributed by atoms with van der Waals surface area (Å²) in [4.78, 5) is 0. The van der Waals surface area contributed by atoms with Crippen LogP contribution in [0.25, 0.3) is 0 Å². The summed E-state index contributed by atoms with van der Waals surface area (Å²) in [5.74, 6) is 1.59. The average molecular weight is 332 g/mol. The molecule has 102 valence electrons. The van der Waals surface area contributed by atoms with Crippen LogP contribution < -0.4 is 5.32 Å². The van der Waals surface area contributed by atoms with Crippen LogP contribution >= 0.6 is 27.7 Å². The van der Waals surface area contributed by atoms with E-state index in [1.807, 2.05) is 23.9 Å². The molecule has 0 saturated carbocycles. The molecule has 0 bridgehead atoms. The summed E-state index contributed by atoms with van der Waals surface area (Å²) in [6, 6.07) is 5.63. The van der Waals surface area contributed by atoms with E-state index >= 15 is 0 Å². The lowest BCUT2D eigenvalue weighted by Gasteiger charge is -2.06.